The number of nitrogens with zero attached hydrogens (tertiary/aromatic N) is 2. The van der Waals surface area contributed by atoms with Gasteiger partial charge in [0.05, 0.1) is 0 Å². The first-order valence-corrected chi connectivity index (χ1v) is 6.53. The Morgan fingerprint density at radius 2 is 1.94 bits per heavy atom. The molecule has 0 unspecified atom stereocenters. The zero-order chi connectivity index (χ0) is 13.2. The maximum absolute atomic E-state index is 4.41. The Hall–Kier alpha value is -1.36. The molecule has 100 valence electrons. The highest BCUT2D eigenvalue weighted by atomic mass is 15.1. The lowest BCUT2D eigenvalue weighted by molar-refractivity contribution is 0.447. The second-order valence-electron chi connectivity index (χ2n) is 5.59. The molecule has 0 amide bonds. The number of hydrogen-bond donors (Lipinski definition) is 3. The molecule has 1 aliphatic rings. The van der Waals surface area contributed by atoms with Crippen molar-refractivity contribution in [3.05, 3.63) is 11.9 Å². The fourth-order valence-electron chi connectivity index (χ4n) is 1.57. The zero-order valence-corrected chi connectivity index (χ0v) is 11.7. The van der Waals surface area contributed by atoms with Crippen LogP contribution in [-0.4, -0.2) is 35.1 Å². The zero-order valence-electron chi connectivity index (χ0n) is 11.7. The number of anilines is 2. The average molecular weight is 249 g/mol. The van der Waals surface area contributed by atoms with E-state index < -0.39 is 0 Å². The topological polar surface area (TPSA) is 61.9 Å². The number of hydrogen-bond acceptors (Lipinski definition) is 5. The predicted molar refractivity (Wildman–Crippen MR) is 75.0 cm³/mol. The van der Waals surface area contributed by atoms with Crippen LogP contribution >= 0.6 is 0 Å². The van der Waals surface area contributed by atoms with Gasteiger partial charge in [-0.3, -0.25) is 0 Å². The van der Waals surface area contributed by atoms with Crippen LogP contribution in [0.15, 0.2) is 6.07 Å². The lowest BCUT2D eigenvalue weighted by Gasteiger charge is -2.24. The van der Waals surface area contributed by atoms with Crippen molar-refractivity contribution in [2.24, 2.45) is 0 Å². The number of likely N-dealkylation sites (N-methyl/N-ethyl adjacent to an activating group) is 1. The van der Waals surface area contributed by atoms with Gasteiger partial charge in [0.1, 0.15) is 17.5 Å². The first-order chi connectivity index (χ1) is 8.48. The number of aromatic nitrogens is 2. The van der Waals surface area contributed by atoms with Crippen LogP contribution in [0.5, 0.6) is 0 Å². The molecular weight excluding hydrogens is 226 g/mol. The Bertz CT molecular complexity index is 412. The van der Waals surface area contributed by atoms with Crippen LogP contribution in [0.3, 0.4) is 0 Å². The highest BCUT2D eigenvalue weighted by Gasteiger charge is 2.21. The van der Waals surface area contributed by atoms with Crippen LogP contribution in [-0.2, 0) is 0 Å². The van der Waals surface area contributed by atoms with Gasteiger partial charge in [-0.2, -0.15) is 0 Å². The van der Waals surface area contributed by atoms with E-state index in [2.05, 4.69) is 39.8 Å². The molecule has 0 radical (unpaired) electrons. The summed E-state index contributed by atoms with van der Waals surface area (Å²) in [6.45, 7) is 7.05. The third-order valence-electron chi connectivity index (χ3n) is 3.16. The summed E-state index contributed by atoms with van der Waals surface area (Å²) in [6, 6.07) is 2.60. The molecule has 1 saturated carbocycles. The minimum atomic E-state index is 0.0446. The van der Waals surface area contributed by atoms with E-state index >= 15 is 0 Å². The van der Waals surface area contributed by atoms with Gasteiger partial charge in [-0.25, -0.2) is 9.97 Å². The van der Waals surface area contributed by atoms with E-state index in [1.165, 1.54) is 12.8 Å². The van der Waals surface area contributed by atoms with Gasteiger partial charge in [0.15, 0.2) is 0 Å². The summed E-state index contributed by atoms with van der Waals surface area (Å²) in [5.74, 6) is 2.61. The van der Waals surface area contributed by atoms with Crippen LogP contribution in [0.25, 0.3) is 0 Å². The van der Waals surface area contributed by atoms with Gasteiger partial charge in [-0.05, 0) is 40.7 Å². The predicted octanol–water partition coefficient (Wildman–Crippen LogP) is 1.77. The second kappa shape index (κ2) is 5.10. The largest absolute Gasteiger partial charge is 0.368 e. The molecule has 0 aliphatic heterocycles. The lowest BCUT2D eigenvalue weighted by atomic mass is 10.1. The minimum absolute atomic E-state index is 0.0446. The van der Waals surface area contributed by atoms with Gasteiger partial charge >= 0.3 is 0 Å². The molecule has 0 spiro atoms. The third kappa shape index (κ3) is 3.84. The highest BCUT2D eigenvalue weighted by Crippen LogP contribution is 2.24. The van der Waals surface area contributed by atoms with Crippen molar-refractivity contribution in [3.63, 3.8) is 0 Å². The van der Waals surface area contributed by atoms with Crippen molar-refractivity contribution in [3.8, 4) is 0 Å². The molecule has 5 heteroatoms. The van der Waals surface area contributed by atoms with E-state index in [0.717, 1.165) is 24.0 Å². The summed E-state index contributed by atoms with van der Waals surface area (Å²) in [4.78, 5) is 8.81. The van der Waals surface area contributed by atoms with Crippen molar-refractivity contribution >= 4 is 11.6 Å². The molecular formula is C13H23N5. The van der Waals surface area contributed by atoms with E-state index in [1.807, 2.05) is 20.0 Å². The first-order valence-electron chi connectivity index (χ1n) is 6.53. The molecule has 5 nitrogen and oxygen atoms in total. The Balaban J connectivity index is 2.00. The fraction of sp³-hybridized carbons (Fsp3) is 0.692. The van der Waals surface area contributed by atoms with Crippen molar-refractivity contribution in [2.45, 2.75) is 45.2 Å². The molecule has 18 heavy (non-hydrogen) atoms. The van der Waals surface area contributed by atoms with E-state index in [0.29, 0.717) is 6.04 Å². The number of rotatable bonds is 6. The Morgan fingerprint density at radius 3 is 2.56 bits per heavy atom. The summed E-state index contributed by atoms with van der Waals surface area (Å²) in [7, 11) is 1.97. The van der Waals surface area contributed by atoms with Gasteiger partial charge < -0.3 is 16.0 Å². The molecule has 0 bridgehead atoms. The van der Waals surface area contributed by atoms with Crippen molar-refractivity contribution < 1.29 is 0 Å². The summed E-state index contributed by atoms with van der Waals surface area (Å²) in [5, 5.41) is 10.0. The average Bonchev–Trinajstić information content (AvgIpc) is 3.10. The molecule has 1 heterocycles. The quantitative estimate of drug-likeness (QED) is 0.717. The molecule has 1 fully saturated rings. The second-order valence-corrected chi connectivity index (χ2v) is 5.59. The Kier molecular flexibility index (Phi) is 3.71. The standard InChI is InChI=1S/C13H23N5/c1-9-16-11(15-8-13(2,3)14-4)7-12(17-9)18-10-5-6-10/h7,10,14H,5-6,8H2,1-4H3,(H2,15,16,17,18). The van der Waals surface area contributed by atoms with E-state index in [1.54, 1.807) is 0 Å². The minimum Gasteiger partial charge on any atom is -0.368 e. The third-order valence-corrected chi connectivity index (χ3v) is 3.16. The van der Waals surface area contributed by atoms with Crippen LogP contribution in [0.2, 0.25) is 0 Å². The van der Waals surface area contributed by atoms with Crippen molar-refractivity contribution in [2.75, 3.05) is 24.2 Å². The summed E-state index contributed by atoms with van der Waals surface area (Å²) >= 11 is 0. The first kappa shape index (κ1) is 13.1. The van der Waals surface area contributed by atoms with Crippen LogP contribution in [0, 0.1) is 6.92 Å². The van der Waals surface area contributed by atoms with E-state index in [-0.39, 0.29) is 5.54 Å². The summed E-state index contributed by atoms with van der Waals surface area (Å²) < 4.78 is 0. The molecule has 2 rings (SSSR count). The Morgan fingerprint density at radius 1 is 1.28 bits per heavy atom. The van der Waals surface area contributed by atoms with Gasteiger partial charge in [0.2, 0.25) is 0 Å². The fourth-order valence-corrected chi connectivity index (χ4v) is 1.57. The smallest absolute Gasteiger partial charge is 0.132 e. The molecule has 0 saturated heterocycles. The van der Waals surface area contributed by atoms with Crippen molar-refractivity contribution in [1.29, 1.82) is 0 Å². The molecule has 3 N–H and O–H groups in total. The van der Waals surface area contributed by atoms with Crippen LogP contribution < -0.4 is 16.0 Å². The number of nitrogens with one attached hydrogen (secondary N) is 3. The monoisotopic (exact) mass is 249 g/mol. The van der Waals surface area contributed by atoms with E-state index in [4.69, 9.17) is 0 Å². The van der Waals surface area contributed by atoms with Gasteiger partial charge in [-0.1, -0.05) is 0 Å². The van der Waals surface area contributed by atoms with Gasteiger partial charge in [0.25, 0.3) is 0 Å². The molecule has 1 aromatic rings. The lowest BCUT2D eigenvalue weighted by Crippen LogP contribution is -2.42. The molecule has 1 aromatic heterocycles. The SMILES string of the molecule is CNC(C)(C)CNc1cc(NC2CC2)nc(C)n1. The maximum atomic E-state index is 4.41. The Labute approximate surface area is 109 Å². The molecule has 0 atom stereocenters. The molecule has 1 aliphatic carbocycles. The van der Waals surface area contributed by atoms with Gasteiger partial charge in [0, 0.05) is 24.2 Å². The van der Waals surface area contributed by atoms with Crippen molar-refractivity contribution in [1.82, 2.24) is 15.3 Å². The summed E-state index contributed by atoms with van der Waals surface area (Å²) in [6.07, 6.45) is 2.50. The summed E-state index contributed by atoms with van der Waals surface area (Å²) in [5.41, 5.74) is 0.0446. The normalized spacial score (nSPS) is 15.6. The molecule has 0 aromatic carbocycles. The number of aryl methyl sites for hydroxylation is 1. The maximum Gasteiger partial charge on any atom is 0.132 e. The van der Waals surface area contributed by atoms with Crippen LogP contribution in [0.1, 0.15) is 32.5 Å². The van der Waals surface area contributed by atoms with Gasteiger partial charge in [-0.15, -0.1) is 0 Å². The van der Waals surface area contributed by atoms with Crippen LogP contribution in [0.4, 0.5) is 11.6 Å². The highest BCUT2D eigenvalue weighted by molar-refractivity contribution is 5.48. The van der Waals surface area contributed by atoms with E-state index in [9.17, 15) is 0 Å².